The van der Waals surface area contributed by atoms with Crippen molar-refractivity contribution in [2.75, 3.05) is 19.6 Å². The van der Waals surface area contributed by atoms with Gasteiger partial charge in [-0.2, -0.15) is 0 Å². The van der Waals surface area contributed by atoms with Crippen molar-refractivity contribution in [1.82, 2.24) is 10.6 Å². The molecule has 1 saturated heterocycles. The summed E-state index contributed by atoms with van der Waals surface area (Å²) in [5.74, 6) is 1.99. The zero-order chi connectivity index (χ0) is 13.3. The van der Waals surface area contributed by atoms with E-state index in [1.165, 1.54) is 51.4 Å². The number of hydrogen-bond donors (Lipinski definition) is 2. The standard InChI is InChI=1S/C16H30N2O/c19-16(8-7-15-9-12-17-13-10-15)18-11-3-6-14-4-1-2-5-14/h14-15,17H,1-13H2,(H,18,19). The Hall–Kier alpha value is -0.570. The van der Waals surface area contributed by atoms with Gasteiger partial charge in [-0.05, 0) is 57.0 Å². The quantitative estimate of drug-likeness (QED) is 0.696. The average molecular weight is 266 g/mol. The minimum absolute atomic E-state index is 0.268. The highest BCUT2D eigenvalue weighted by molar-refractivity contribution is 5.75. The molecule has 1 amide bonds. The smallest absolute Gasteiger partial charge is 0.220 e. The number of rotatable bonds is 7. The summed E-state index contributed by atoms with van der Waals surface area (Å²) in [4.78, 5) is 11.8. The van der Waals surface area contributed by atoms with Gasteiger partial charge in [-0.1, -0.05) is 25.7 Å². The van der Waals surface area contributed by atoms with Gasteiger partial charge in [-0.25, -0.2) is 0 Å². The molecule has 2 fully saturated rings. The van der Waals surface area contributed by atoms with E-state index in [0.29, 0.717) is 0 Å². The van der Waals surface area contributed by atoms with Gasteiger partial charge in [0, 0.05) is 13.0 Å². The predicted octanol–water partition coefficient (Wildman–Crippen LogP) is 2.85. The second-order valence-electron chi connectivity index (χ2n) is 6.37. The highest BCUT2D eigenvalue weighted by Crippen LogP contribution is 2.28. The molecule has 1 saturated carbocycles. The highest BCUT2D eigenvalue weighted by atomic mass is 16.1. The molecule has 1 aliphatic heterocycles. The lowest BCUT2D eigenvalue weighted by Crippen LogP contribution is -2.29. The Labute approximate surface area is 117 Å². The first-order valence-electron chi connectivity index (χ1n) is 8.32. The van der Waals surface area contributed by atoms with Crippen LogP contribution in [0.25, 0.3) is 0 Å². The molecular weight excluding hydrogens is 236 g/mol. The lowest BCUT2D eigenvalue weighted by molar-refractivity contribution is -0.121. The van der Waals surface area contributed by atoms with E-state index in [1.807, 2.05) is 0 Å². The molecule has 19 heavy (non-hydrogen) atoms. The number of carbonyl (C=O) groups is 1. The van der Waals surface area contributed by atoms with E-state index in [-0.39, 0.29) is 5.91 Å². The lowest BCUT2D eigenvalue weighted by Gasteiger charge is -2.22. The monoisotopic (exact) mass is 266 g/mol. The number of nitrogens with one attached hydrogen (secondary N) is 2. The van der Waals surface area contributed by atoms with Gasteiger partial charge in [-0.15, -0.1) is 0 Å². The largest absolute Gasteiger partial charge is 0.356 e. The first-order chi connectivity index (χ1) is 9.34. The SMILES string of the molecule is O=C(CCC1CCNCC1)NCCCC1CCCC1. The van der Waals surface area contributed by atoms with Crippen LogP contribution in [0.5, 0.6) is 0 Å². The fourth-order valence-electron chi connectivity index (χ4n) is 3.51. The van der Waals surface area contributed by atoms with E-state index in [2.05, 4.69) is 10.6 Å². The Morgan fingerprint density at radius 3 is 2.42 bits per heavy atom. The molecule has 2 rings (SSSR count). The third-order valence-corrected chi connectivity index (χ3v) is 4.82. The second-order valence-corrected chi connectivity index (χ2v) is 6.37. The summed E-state index contributed by atoms with van der Waals surface area (Å²) in [5, 5.41) is 6.46. The zero-order valence-electron chi connectivity index (χ0n) is 12.3. The van der Waals surface area contributed by atoms with Gasteiger partial charge in [0.25, 0.3) is 0 Å². The van der Waals surface area contributed by atoms with Crippen LogP contribution in [0.15, 0.2) is 0 Å². The zero-order valence-corrected chi connectivity index (χ0v) is 12.3. The van der Waals surface area contributed by atoms with Crippen molar-refractivity contribution >= 4 is 5.91 Å². The van der Waals surface area contributed by atoms with Crippen LogP contribution in [0.3, 0.4) is 0 Å². The first kappa shape index (κ1) is 14.8. The Bertz CT molecular complexity index is 255. The van der Waals surface area contributed by atoms with Crippen molar-refractivity contribution in [2.45, 2.75) is 64.2 Å². The van der Waals surface area contributed by atoms with Crippen molar-refractivity contribution in [1.29, 1.82) is 0 Å². The average Bonchev–Trinajstić information content (AvgIpc) is 2.96. The maximum Gasteiger partial charge on any atom is 0.220 e. The molecule has 0 aromatic heterocycles. The summed E-state index contributed by atoms with van der Waals surface area (Å²) in [6.45, 7) is 3.16. The van der Waals surface area contributed by atoms with Crippen LogP contribution in [-0.2, 0) is 4.79 Å². The Balaban J connectivity index is 1.45. The molecule has 0 aromatic carbocycles. The summed E-state index contributed by atoms with van der Waals surface area (Å²) in [7, 11) is 0. The summed E-state index contributed by atoms with van der Waals surface area (Å²) < 4.78 is 0. The lowest BCUT2D eigenvalue weighted by atomic mass is 9.93. The van der Waals surface area contributed by atoms with Crippen molar-refractivity contribution in [3.8, 4) is 0 Å². The van der Waals surface area contributed by atoms with Gasteiger partial charge in [0.1, 0.15) is 0 Å². The van der Waals surface area contributed by atoms with Crippen LogP contribution in [0.4, 0.5) is 0 Å². The number of carbonyl (C=O) groups excluding carboxylic acids is 1. The minimum Gasteiger partial charge on any atom is -0.356 e. The summed E-state index contributed by atoms with van der Waals surface area (Å²) >= 11 is 0. The number of piperidine rings is 1. The van der Waals surface area contributed by atoms with Crippen molar-refractivity contribution in [3.63, 3.8) is 0 Å². The molecule has 1 aliphatic carbocycles. The van der Waals surface area contributed by atoms with Gasteiger partial charge >= 0.3 is 0 Å². The van der Waals surface area contributed by atoms with Crippen LogP contribution >= 0.6 is 0 Å². The van der Waals surface area contributed by atoms with Gasteiger partial charge in [0.2, 0.25) is 5.91 Å². The predicted molar refractivity (Wildman–Crippen MR) is 79.0 cm³/mol. The molecule has 0 spiro atoms. The third-order valence-electron chi connectivity index (χ3n) is 4.82. The molecule has 3 nitrogen and oxygen atoms in total. The third kappa shape index (κ3) is 5.94. The molecule has 0 radical (unpaired) electrons. The molecule has 110 valence electrons. The summed E-state index contributed by atoms with van der Waals surface area (Å²) in [6, 6.07) is 0. The summed E-state index contributed by atoms with van der Waals surface area (Å²) in [5.41, 5.74) is 0. The van der Waals surface area contributed by atoms with Crippen LogP contribution in [-0.4, -0.2) is 25.5 Å². The molecule has 3 heteroatoms. The first-order valence-corrected chi connectivity index (χ1v) is 8.32. The van der Waals surface area contributed by atoms with E-state index < -0.39 is 0 Å². The van der Waals surface area contributed by atoms with Gasteiger partial charge < -0.3 is 10.6 Å². The van der Waals surface area contributed by atoms with E-state index in [0.717, 1.165) is 44.3 Å². The number of amides is 1. The van der Waals surface area contributed by atoms with E-state index >= 15 is 0 Å². The maximum atomic E-state index is 11.8. The van der Waals surface area contributed by atoms with Crippen LogP contribution in [0.2, 0.25) is 0 Å². The van der Waals surface area contributed by atoms with Crippen molar-refractivity contribution in [2.24, 2.45) is 11.8 Å². The molecule has 0 atom stereocenters. The molecule has 2 N–H and O–H groups in total. The number of hydrogen-bond acceptors (Lipinski definition) is 2. The molecule has 2 aliphatic rings. The molecule has 0 bridgehead atoms. The molecule has 0 aromatic rings. The topological polar surface area (TPSA) is 41.1 Å². The van der Waals surface area contributed by atoms with E-state index in [4.69, 9.17) is 0 Å². The van der Waals surface area contributed by atoms with Crippen molar-refractivity contribution in [3.05, 3.63) is 0 Å². The van der Waals surface area contributed by atoms with Crippen LogP contribution < -0.4 is 10.6 Å². The van der Waals surface area contributed by atoms with E-state index in [9.17, 15) is 4.79 Å². The Morgan fingerprint density at radius 1 is 1.00 bits per heavy atom. The fourth-order valence-corrected chi connectivity index (χ4v) is 3.51. The van der Waals surface area contributed by atoms with Crippen molar-refractivity contribution < 1.29 is 4.79 Å². The van der Waals surface area contributed by atoms with Crippen LogP contribution in [0, 0.1) is 11.8 Å². The normalized spacial score (nSPS) is 21.7. The Kier molecular flexibility index (Phi) is 6.69. The van der Waals surface area contributed by atoms with Gasteiger partial charge in [0.05, 0.1) is 0 Å². The minimum atomic E-state index is 0.268. The molecular formula is C16H30N2O. The molecule has 0 unspecified atom stereocenters. The van der Waals surface area contributed by atoms with E-state index in [1.54, 1.807) is 0 Å². The summed E-state index contributed by atoms with van der Waals surface area (Å²) in [6.07, 6.45) is 12.5. The molecule has 1 heterocycles. The highest BCUT2D eigenvalue weighted by Gasteiger charge is 2.15. The van der Waals surface area contributed by atoms with Gasteiger partial charge in [-0.3, -0.25) is 4.79 Å². The second kappa shape index (κ2) is 8.57. The van der Waals surface area contributed by atoms with Gasteiger partial charge in [0.15, 0.2) is 0 Å². The fraction of sp³-hybridized carbons (Fsp3) is 0.938. The van der Waals surface area contributed by atoms with Crippen LogP contribution in [0.1, 0.15) is 64.2 Å². The Morgan fingerprint density at radius 2 is 1.68 bits per heavy atom. The maximum absolute atomic E-state index is 11.8.